The van der Waals surface area contributed by atoms with Crippen molar-refractivity contribution in [3.63, 3.8) is 0 Å². The van der Waals surface area contributed by atoms with E-state index in [-0.39, 0.29) is 0 Å². The molecule has 2 nitrogen and oxygen atoms in total. The molecule has 88 valence electrons. The lowest BCUT2D eigenvalue weighted by atomic mass is 10.1. The summed E-state index contributed by atoms with van der Waals surface area (Å²) in [6, 6.07) is 4.36. The van der Waals surface area contributed by atoms with Crippen LogP contribution in [0.3, 0.4) is 0 Å². The smallest absolute Gasteiger partial charge is 0.0589 e. The van der Waals surface area contributed by atoms with Crippen LogP contribution < -0.4 is 5.32 Å². The van der Waals surface area contributed by atoms with Gasteiger partial charge in [-0.05, 0) is 31.4 Å². The minimum Gasteiger partial charge on any atom is -0.308 e. The first-order valence-electron chi connectivity index (χ1n) is 5.71. The molecule has 0 radical (unpaired) electrons. The van der Waals surface area contributed by atoms with E-state index >= 15 is 0 Å². The van der Waals surface area contributed by atoms with Crippen molar-refractivity contribution in [3.05, 3.63) is 41.7 Å². The second-order valence-corrected chi connectivity index (χ2v) is 4.26. The van der Waals surface area contributed by atoms with Gasteiger partial charge in [-0.3, -0.25) is 4.98 Å². The molecule has 0 spiro atoms. The second-order valence-electron chi connectivity index (χ2n) is 3.82. The Kier molecular flexibility index (Phi) is 6.12. The van der Waals surface area contributed by atoms with E-state index in [0.29, 0.717) is 11.1 Å². The molecule has 1 N–H and O–H groups in total. The van der Waals surface area contributed by atoms with Crippen LogP contribution in [-0.2, 0) is 6.54 Å². The van der Waals surface area contributed by atoms with Crippen LogP contribution >= 0.6 is 11.6 Å². The summed E-state index contributed by atoms with van der Waals surface area (Å²) >= 11 is 5.78. The van der Waals surface area contributed by atoms with E-state index in [1.807, 2.05) is 18.2 Å². The third-order valence-corrected chi connectivity index (χ3v) is 2.80. The van der Waals surface area contributed by atoms with Crippen molar-refractivity contribution in [1.29, 1.82) is 0 Å². The van der Waals surface area contributed by atoms with E-state index in [1.165, 1.54) is 0 Å². The number of aromatic nitrogens is 1. The van der Waals surface area contributed by atoms with Gasteiger partial charge in [-0.15, -0.1) is 6.58 Å². The molecule has 0 amide bonds. The van der Waals surface area contributed by atoms with Gasteiger partial charge in [-0.1, -0.05) is 24.6 Å². The van der Waals surface area contributed by atoms with Crippen molar-refractivity contribution in [1.82, 2.24) is 10.3 Å². The van der Waals surface area contributed by atoms with Crippen LogP contribution in [0.15, 0.2) is 31.0 Å². The standard InChI is InChI=1S/C13H19ClN2/c1-3-5-6-12(4-2)16-10-13-8-7-11(14)9-15-13/h3,7-9,12,16H,1,4-6,10H2,2H3. The van der Waals surface area contributed by atoms with Crippen molar-refractivity contribution in [3.8, 4) is 0 Å². The van der Waals surface area contributed by atoms with Crippen molar-refractivity contribution >= 4 is 11.6 Å². The predicted octanol–water partition coefficient (Wildman–Crippen LogP) is 3.57. The Bertz CT molecular complexity index is 308. The Morgan fingerprint density at radius 3 is 2.94 bits per heavy atom. The van der Waals surface area contributed by atoms with Crippen LogP contribution in [0, 0.1) is 0 Å². The zero-order valence-corrected chi connectivity index (χ0v) is 10.5. The molecule has 1 atom stereocenters. The Hall–Kier alpha value is -0.860. The minimum absolute atomic E-state index is 0.537. The van der Waals surface area contributed by atoms with Gasteiger partial charge < -0.3 is 5.32 Å². The summed E-state index contributed by atoms with van der Waals surface area (Å²) in [7, 11) is 0. The van der Waals surface area contributed by atoms with Gasteiger partial charge in [0.2, 0.25) is 0 Å². The lowest BCUT2D eigenvalue weighted by Gasteiger charge is -2.15. The van der Waals surface area contributed by atoms with Crippen LogP contribution in [-0.4, -0.2) is 11.0 Å². The van der Waals surface area contributed by atoms with Gasteiger partial charge in [0.15, 0.2) is 0 Å². The summed E-state index contributed by atoms with van der Waals surface area (Å²) in [4.78, 5) is 4.25. The SMILES string of the molecule is C=CCCC(CC)NCc1ccc(Cl)cn1. The molecule has 16 heavy (non-hydrogen) atoms. The lowest BCUT2D eigenvalue weighted by molar-refractivity contribution is 0.467. The quantitative estimate of drug-likeness (QED) is 0.735. The molecule has 0 saturated carbocycles. The van der Waals surface area contributed by atoms with E-state index in [9.17, 15) is 0 Å². The van der Waals surface area contributed by atoms with Crippen molar-refractivity contribution in [2.45, 2.75) is 38.8 Å². The van der Waals surface area contributed by atoms with Gasteiger partial charge in [0.05, 0.1) is 10.7 Å². The molecule has 1 rings (SSSR count). The first-order chi connectivity index (χ1) is 7.76. The first-order valence-corrected chi connectivity index (χ1v) is 6.08. The van der Waals surface area contributed by atoms with Crippen molar-refractivity contribution in [2.24, 2.45) is 0 Å². The molecule has 0 bridgehead atoms. The normalized spacial score (nSPS) is 12.4. The molecule has 1 heterocycles. The highest BCUT2D eigenvalue weighted by Crippen LogP contribution is 2.07. The molecular formula is C13H19ClN2. The van der Waals surface area contributed by atoms with Gasteiger partial charge in [-0.2, -0.15) is 0 Å². The van der Waals surface area contributed by atoms with Crippen LogP contribution in [0.5, 0.6) is 0 Å². The zero-order chi connectivity index (χ0) is 11.8. The number of allylic oxidation sites excluding steroid dienone is 1. The van der Waals surface area contributed by atoms with Gasteiger partial charge in [0.25, 0.3) is 0 Å². The van der Waals surface area contributed by atoms with Gasteiger partial charge in [0, 0.05) is 18.8 Å². The van der Waals surface area contributed by atoms with Crippen LogP contribution in [0.25, 0.3) is 0 Å². The summed E-state index contributed by atoms with van der Waals surface area (Å²) in [5.74, 6) is 0. The second kappa shape index (κ2) is 7.42. The average molecular weight is 239 g/mol. The molecule has 1 aromatic heterocycles. The number of nitrogens with zero attached hydrogens (tertiary/aromatic N) is 1. The molecule has 0 aliphatic rings. The van der Waals surface area contributed by atoms with Crippen molar-refractivity contribution in [2.75, 3.05) is 0 Å². The van der Waals surface area contributed by atoms with E-state index in [4.69, 9.17) is 11.6 Å². The molecule has 3 heteroatoms. The summed E-state index contributed by atoms with van der Waals surface area (Å²) in [6.07, 6.45) is 6.96. The topological polar surface area (TPSA) is 24.9 Å². The minimum atomic E-state index is 0.537. The molecular weight excluding hydrogens is 220 g/mol. The molecule has 0 fully saturated rings. The number of halogens is 1. The third kappa shape index (κ3) is 4.77. The Morgan fingerprint density at radius 1 is 1.56 bits per heavy atom. The maximum absolute atomic E-state index is 5.78. The highest BCUT2D eigenvalue weighted by molar-refractivity contribution is 6.30. The number of nitrogens with one attached hydrogen (secondary N) is 1. The third-order valence-electron chi connectivity index (χ3n) is 2.57. The monoisotopic (exact) mass is 238 g/mol. The number of rotatable bonds is 7. The van der Waals surface area contributed by atoms with Gasteiger partial charge in [-0.25, -0.2) is 0 Å². The molecule has 1 unspecified atom stereocenters. The summed E-state index contributed by atoms with van der Waals surface area (Å²) in [5.41, 5.74) is 1.03. The zero-order valence-electron chi connectivity index (χ0n) is 9.75. The van der Waals surface area contributed by atoms with E-state index < -0.39 is 0 Å². The number of pyridine rings is 1. The highest BCUT2D eigenvalue weighted by atomic mass is 35.5. The van der Waals surface area contributed by atoms with Gasteiger partial charge in [0.1, 0.15) is 0 Å². The molecule has 1 aromatic rings. The number of hydrogen-bond acceptors (Lipinski definition) is 2. The molecule has 0 aliphatic carbocycles. The van der Waals surface area contributed by atoms with Gasteiger partial charge >= 0.3 is 0 Å². The van der Waals surface area contributed by atoms with Crippen LogP contribution in [0.1, 0.15) is 31.9 Å². The molecule has 0 aromatic carbocycles. The lowest BCUT2D eigenvalue weighted by Crippen LogP contribution is -2.28. The predicted molar refractivity (Wildman–Crippen MR) is 69.6 cm³/mol. The Labute approximate surface area is 103 Å². The molecule has 0 saturated heterocycles. The summed E-state index contributed by atoms with van der Waals surface area (Å²) < 4.78 is 0. The fraction of sp³-hybridized carbons (Fsp3) is 0.462. The van der Waals surface area contributed by atoms with E-state index in [1.54, 1.807) is 6.20 Å². The maximum Gasteiger partial charge on any atom is 0.0589 e. The molecule has 0 aliphatic heterocycles. The maximum atomic E-state index is 5.78. The van der Waals surface area contributed by atoms with Crippen LogP contribution in [0.4, 0.5) is 0 Å². The van der Waals surface area contributed by atoms with E-state index in [2.05, 4.69) is 23.8 Å². The summed E-state index contributed by atoms with van der Waals surface area (Å²) in [6.45, 7) is 6.73. The first kappa shape index (κ1) is 13.2. The largest absolute Gasteiger partial charge is 0.308 e. The number of hydrogen-bond donors (Lipinski definition) is 1. The van der Waals surface area contributed by atoms with Crippen molar-refractivity contribution < 1.29 is 0 Å². The highest BCUT2D eigenvalue weighted by Gasteiger charge is 2.04. The summed E-state index contributed by atoms with van der Waals surface area (Å²) in [5, 5.41) is 4.17. The fourth-order valence-electron chi connectivity index (χ4n) is 1.53. The Morgan fingerprint density at radius 2 is 2.38 bits per heavy atom. The Balaban J connectivity index is 2.36. The average Bonchev–Trinajstić information content (AvgIpc) is 2.32. The van der Waals surface area contributed by atoms with E-state index in [0.717, 1.165) is 31.5 Å². The fourth-order valence-corrected chi connectivity index (χ4v) is 1.64. The van der Waals surface area contributed by atoms with Crippen LogP contribution in [0.2, 0.25) is 5.02 Å².